The van der Waals surface area contributed by atoms with E-state index in [1.807, 2.05) is 0 Å². The van der Waals surface area contributed by atoms with Crippen molar-refractivity contribution in [2.24, 2.45) is 5.73 Å². The molecule has 0 saturated heterocycles. The minimum atomic E-state index is -1.11. The Hall–Kier alpha value is -1.95. The van der Waals surface area contributed by atoms with E-state index in [-0.39, 0.29) is 6.79 Å². The molecule has 2 rings (SSSR count). The van der Waals surface area contributed by atoms with Gasteiger partial charge in [0, 0.05) is 0 Å². The van der Waals surface area contributed by atoms with Crippen molar-refractivity contribution in [3.05, 3.63) is 17.7 Å². The topological polar surface area (TPSA) is 91.0 Å². The van der Waals surface area contributed by atoms with Gasteiger partial charge in [0.25, 0.3) is 0 Å². The average molecular weight is 225 g/mol. The van der Waals surface area contributed by atoms with Crippen molar-refractivity contribution in [1.82, 2.24) is 0 Å². The highest BCUT2D eigenvalue weighted by Crippen LogP contribution is 2.42. The third-order valence-corrected chi connectivity index (χ3v) is 2.31. The molecule has 0 aromatic heterocycles. The Morgan fingerprint density at radius 2 is 2.31 bits per heavy atom. The second-order valence-corrected chi connectivity index (χ2v) is 3.27. The summed E-state index contributed by atoms with van der Waals surface area (Å²) in [5, 5.41) is 8.81. The highest BCUT2D eigenvalue weighted by atomic mass is 16.7. The number of carbonyl (C=O) groups is 1. The average Bonchev–Trinajstić information content (AvgIpc) is 2.74. The predicted molar refractivity (Wildman–Crippen MR) is 53.7 cm³/mol. The first-order valence-electron chi connectivity index (χ1n) is 4.59. The number of carboxylic acids is 1. The quantitative estimate of drug-likeness (QED) is 0.778. The Morgan fingerprint density at radius 1 is 1.56 bits per heavy atom. The summed E-state index contributed by atoms with van der Waals surface area (Å²) < 4.78 is 15.4. The van der Waals surface area contributed by atoms with Gasteiger partial charge in [-0.15, -0.1) is 0 Å². The molecule has 3 N–H and O–H groups in total. The van der Waals surface area contributed by atoms with Gasteiger partial charge in [-0.05, 0) is 17.7 Å². The summed E-state index contributed by atoms with van der Waals surface area (Å²) in [6, 6.07) is 1.97. The number of fused-ring (bicyclic) bond motifs is 1. The van der Waals surface area contributed by atoms with Crippen molar-refractivity contribution < 1.29 is 24.1 Å². The van der Waals surface area contributed by atoms with Crippen LogP contribution in [0.4, 0.5) is 0 Å². The zero-order valence-electron chi connectivity index (χ0n) is 8.60. The fraction of sp³-hybridized carbons (Fsp3) is 0.300. The van der Waals surface area contributed by atoms with Gasteiger partial charge in [0.2, 0.25) is 12.5 Å². The fourth-order valence-electron chi connectivity index (χ4n) is 1.47. The maximum Gasteiger partial charge on any atom is 0.325 e. The smallest absolute Gasteiger partial charge is 0.325 e. The number of hydrogen-bond acceptors (Lipinski definition) is 5. The van der Waals surface area contributed by atoms with Gasteiger partial charge in [-0.3, -0.25) is 4.79 Å². The highest BCUT2D eigenvalue weighted by molar-refractivity contribution is 5.76. The Balaban J connectivity index is 2.45. The molecular weight excluding hydrogens is 214 g/mol. The Labute approximate surface area is 91.5 Å². The molecule has 0 unspecified atom stereocenters. The molecule has 1 aromatic rings. The Morgan fingerprint density at radius 3 is 2.94 bits per heavy atom. The van der Waals surface area contributed by atoms with E-state index in [9.17, 15) is 4.79 Å². The van der Waals surface area contributed by atoms with Crippen LogP contribution >= 0.6 is 0 Å². The lowest BCUT2D eigenvalue weighted by atomic mass is 10.1. The summed E-state index contributed by atoms with van der Waals surface area (Å²) in [7, 11) is 1.47. The molecule has 0 bridgehead atoms. The van der Waals surface area contributed by atoms with Crippen LogP contribution in [-0.2, 0) is 4.79 Å². The van der Waals surface area contributed by atoms with Crippen LogP contribution in [-0.4, -0.2) is 25.0 Å². The number of carboxylic acid groups (broad SMARTS) is 1. The van der Waals surface area contributed by atoms with Crippen LogP contribution in [0.25, 0.3) is 0 Å². The zero-order valence-corrected chi connectivity index (χ0v) is 8.60. The van der Waals surface area contributed by atoms with E-state index in [0.29, 0.717) is 22.8 Å². The zero-order chi connectivity index (χ0) is 11.7. The summed E-state index contributed by atoms with van der Waals surface area (Å²) in [6.07, 6.45) is 0. The van der Waals surface area contributed by atoms with E-state index in [0.717, 1.165) is 0 Å². The normalized spacial score (nSPS) is 14.6. The molecule has 0 amide bonds. The van der Waals surface area contributed by atoms with Crippen LogP contribution in [0.5, 0.6) is 17.2 Å². The van der Waals surface area contributed by atoms with Gasteiger partial charge in [-0.1, -0.05) is 0 Å². The van der Waals surface area contributed by atoms with Gasteiger partial charge in [0.05, 0.1) is 7.11 Å². The third-order valence-electron chi connectivity index (χ3n) is 2.31. The summed E-state index contributed by atoms with van der Waals surface area (Å²) in [6.45, 7) is 0.0947. The van der Waals surface area contributed by atoms with Gasteiger partial charge in [-0.2, -0.15) is 0 Å². The lowest BCUT2D eigenvalue weighted by molar-refractivity contribution is -0.138. The number of benzene rings is 1. The van der Waals surface area contributed by atoms with Crippen LogP contribution in [0.3, 0.4) is 0 Å². The molecule has 0 aliphatic carbocycles. The van der Waals surface area contributed by atoms with Gasteiger partial charge in [0.1, 0.15) is 6.04 Å². The summed E-state index contributed by atoms with van der Waals surface area (Å²) in [5.74, 6) is 0.234. The SMILES string of the molecule is COc1cc([C@@H](N)C(=O)O)cc2c1OCO2. The van der Waals surface area contributed by atoms with Crippen molar-refractivity contribution in [2.45, 2.75) is 6.04 Å². The number of aliphatic carboxylic acids is 1. The van der Waals surface area contributed by atoms with Gasteiger partial charge < -0.3 is 25.1 Å². The van der Waals surface area contributed by atoms with Crippen molar-refractivity contribution in [2.75, 3.05) is 13.9 Å². The number of ether oxygens (including phenoxy) is 3. The molecule has 0 saturated carbocycles. The van der Waals surface area contributed by atoms with Gasteiger partial charge in [-0.25, -0.2) is 0 Å². The van der Waals surface area contributed by atoms with E-state index >= 15 is 0 Å². The van der Waals surface area contributed by atoms with E-state index < -0.39 is 12.0 Å². The van der Waals surface area contributed by atoms with E-state index in [1.165, 1.54) is 13.2 Å². The van der Waals surface area contributed by atoms with Crippen molar-refractivity contribution in [1.29, 1.82) is 0 Å². The molecule has 1 atom stereocenters. The van der Waals surface area contributed by atoms with E-state index in [1.54, 1.807) is 6.07 Å². The van der Waals surface area contributed by atoms with Crippen molar-refractivity contribution in [3.8, 4) is 17.2 Å². The molecule has 0 spiro atoms. The van der Waals surface area contributed by atoms with Crippen LogP contribution in [0.2, 0.25) is 0 Å². The molecule has 86 valence electrons. The molecular formula is C10H11NO5. The Bertz CT molecular complexity index is 431. The van der Waals surface area contributed by atoms with Gasteiger partial charge in [0.15, 0.2) is 11.5 Å². The highest BCUT2D eigenvalue weighted by Gasteiger charge is 2.24. The van der Waals surface area contributed by atoms with Crippen LogP contribution in [0.1, 0.15) is 11.6 Å². The number of rotatable bonds is 3. The molecule has 0 fully saturated rings. The number of hydrogen-bond donors (Lipinski definition) is 2. The van der Waals surface area contributed by atoms with Crippen LogP contribution in [0.15, 0.2) is 12.1 Å². The first kappa shape index (κ1) is 10.6. The Kier molecular flexibility index (Phi) is 2.57. The van der Waals surface area contributed by atoms with Crippen LogP contribution < -0.4 is 19.9 Å². The van der Waals surface area contributed by atoms with E-state index in [4.69, 9.17) is 25.1 Å². The summed E-state index contributed by atoms with van der Waals surface area (Å²) in [5.41, 5.74) is 5.91. The minimum Gasteiger partial charge on any atom is -0.493 e. The minimum absolute atomic E-state index is 0.0947. The standard InChI is InChI=1S/C10H11NO5/c1-14-6-2-5(8(11)10(12)13)3-7-9(6)16-4-15-7/h2-3,8H,4,11H2,1H3,(H,12,13)/t8-/m1/s1. The molecule has 6 heteroatoms. The summed E-state index contributed by atoms with van der Waals surface area (Å²) in [4.78, 5) is 10.8. The van der Waals surface area contributed by atoms with Crippen molar-refractivity contribution >= 4 is 5.97 Å². The first-order valence-corrected chi connectivity index (χ1v) is 4.59. The molecule has 6 nitrogen and oxygen atoms in total. The molecule has 0 radical (unpaired) electrons. The maximum atomic E-state index is 10.8. The molecule has 1 aliphatic rings. The second-order valence-electron chi connectivity index (χ2n) is 3.27. The monoisotopic (exact) mass is 225 g/mol. The first-order chi connectivity index (χ1) is 7.63. The fourth-order valence-corrected chi connectivity index (χ4v) is 1.47. The van der Waals surface area contributed by atoms with E-state index in [2.05, 4.69) is 0 Å². The predicted octanol–water partition coefficient (Wildman–Crippen LogP) is 0.508. The largest absolute Gasteiger partial charge is 0.493 e. The molecule has 1 heterocycles. The second kappa shape index (κ2) is 3.90. The third kappa shape index (κ3) is 1.63. The lowest BCUT2D eigenvalue weighted by Gasteiger charge is -2.10. The number of nitrogens with two attached hydrogens (primary N) is 1. The molecule has 16 heavy (non-hydrogen) atoms. The molecule has 1 aliphatic heterocycles. The number of methoxy groups -OCH3 is 1. The lowest BCUT2D eigenvalue weighted by Crippen LogP contribution is -2.20. The summed E-state index contributed by atoms with van der Waals surface area (Å²) >= 11 is 0. The van der Waals surface area contributed by atoms with Crippen molar-refractivity contribution in [3.63, 3.8) is 0 Å². The van der Waals surface area contributed by atoms with Crippen LogP contribution in [0, 0.1) is 0 Å². The van der Waals surface area contributed by atoms with Gasteiger partial charge >= 0.3 is 5.97 Å². The maximum absolute atomic E-state index is 10.8. The molecule has 1 aromatic carbocycles.